The zero-order valence-electron chi connectivity index (χ0n) is 16.6. The van der Waals surface area contributed by atoms with E-state index in [1.165, 1.54) is 12.1 Å². The molecule has 0 spiro atoms. The summed E-state index contributed by atoms with van der Waals surface area (Å²) in [5, 5.41) is 8.20. The van der Waals surface area contributed by atoms with Gasteiger partial charge in [0, 0.05) is 19.0 Å². The van der Waals surface area contributed by atoms with E-state index in [0.29, 0.717) is 39.1 Å². The molecule has 30 heavy (non-hydrogen) atoms. The highest BCUT2D eigenvalue weighted by Gasteiger charge is 2.33. The van der Waals surface area contributed by atoms with E-state index in [1.54, 1.807) is 4.68 Å². The molecule has 1 saturated heterocycles. The number of halogens is 3. The molecule has 162 valence electrons. The Morgan fingerprint density at radius 2 is 1.90 bits per heavy atom. The molecule has 0 N–H and O–H groups in total. The van der Waals surface area contributed by atoms with Gasteiger partial charge in [0.05, 0.1) is 31.0 Å². The molecule has 2 aliphatic rings. The van der Waals surface area contributed by atoms with E-state index in [1.807, 2.05) is 11.1 Å². The van der Waals surface area contributed by atoms with Gasteiger partial charge in [-0.25, -0.2) is 0 Å². The minimum absolute atomic E-state index is 0.0239. The first-order chi connectivity index (χ1) is 14.4. The van der Waals surface area contributed by atoms with Gasteiger partial charge >= 0.3 is 6.18 Å². The summed E-state index contributed by atoms with van der Waals surface area (Å²) in [6, 6.07) is 5.12. The van der Waals surface area contributed by atoms with E-state index in [-0.39, 0.29) is 17.9 Å². The maximum Gasteiger partial charge on any atom is 0.416 e. The fraction of sp³-hybridized carbons (Fsp3) is 0.571. The molecule has 4 rings (SSSR count). The molecule has 2 atom stereocenters. The third-order valence-electron chi connectivity index (χ3n) is 5.88. The second-order valence-electron chi connectivity index (χ2n) is 8.05. The number of fused-ring (bicyclic) bond motifs is 3. The number of ether oxygens (including phenoxy) is 1. The number of benzene rings is 1. The van der Waals surface area contributed by atoms with E-state index in [2.05, 4.69) is 10.3 Å². The van der Waals surface area contributed by atoms with Gasteiger partial charge < -0.3 is 9.64 Å². The number of hydrogen-bond acceptors (Lipinski definition) is 4. The number of carbonyl (C=O) groups excluding carboxylic acids is 1. The van der Waals surface area contributed by atoms with E-state index in [4.69, 9.17) is 4.74 Å². The van der Waals surface area contributed by atoms with Gasteiger partial charge in [0.15, 0.2) is 0 Å². The fourth-order valence-electron chi connectivity index (χ4n) is 4.23. The second kappa shape index (κ2) is 8.75. The number of amides is 1. The number of nitrogens with zero attached hydrogens (tertiary/aromatic N) is 4. The van der Waals surface area contributed by atoms with Crippen molar-refractivity contribution in [3.05, 3.63) is 47.3 Å². The first kappa shape index (κ1) is 20.8. The molecule has 2 aliphatic heterocycles. The van der Waals surface area contributed by atoms with Gasteiger partial charge in [-0.1, -0.05) is 17.3 Å². The Kier molecular flexibility index (Phi) is 6.08. The quantitative estimate of drug-likeness (QED) is 0.744. The summed E-state index contributed by atoms with van der Waals surface area (Å²) in [4.78, 5) is 15.4. The van der Waals surface area contributed by atoms with Crippen molar-refractivity contribution in [2.24, 2.45) is 5.92 Å². The highest BCUT2D eigenvalue weighted by molar-refractivity contribution is 5.79. The van der Waals surface area contributed by atoms with Crippen molar-refractivity contribution >= 4 is 5.91 Å². The average molecular weight is 422 g/mol. The summed E-state index contributed by atoms with van der Waals surface area (Å²) in [7, 11) is 0. The normalized spacial score (nSPS) is 23.4. The zero-order valence-corrected chi connectivity index (χ0v) is 16.6. The minimum atomic E-state index is -4.37. The van der Waals surface area contributed by atoms with Crippen molar-refractivity contribution in [1.82, 2.24) is 19.9 Å². The molecule has 6 nitrogen and oxygen atoms in total. The minimum Gasteiger partial charge on any atom is -0.373 e. The van der Waals surface area contributed by atoms with E-state index in [9.17, 15) is 18.0 Å². The first-order valence-electron chi connectivity index (χ1n) is 10.3. The van der Waals surface area contributed by atoms with Crippen LogP contribution in [0, 0.1) is 5.92 Å². The third-order valence-corrected chi connectivity index (χ3v) is 5.88. The Morgan fingerprint density at radius 1 is 1.10 bits per heavy atom. The number of piperidine rings is 1. The predicted octanol–water partition coefficient (Wildman–Crippen LogP) is 3.46. The van der Waals surface area contributed by atoms with E-state index >= 15 is 0 Å². The molecule has 2 aromatic rings. The summed E-state index contributed by atoms with van der Waals surface area (Å²) < 4.78 is 46.1. The van der Waals surface area contributed by atoms with Crippen LogP contribution >= 0.6 is 0 Å². The Hall–Kier alpha value is -2.42. The highest BCUT2D eigenvalue weighted by atomic mass is 19.4. The monoisotopic (exact) mass is 422 g/mol. The number of rotatable bonds is 2. The van der Waals surface area contributed by atoms with Crippen molar-refractivity contribution in [1.29, 1.82) is 0 Å². The van der Waals surface area contributed by atoms with Crippen LogP contribution in [-0.2, 0) is 35.3 Å². The number of carbonyl (C=O) groups is 1. The van der Waals surface area contributed by atoms with Gasteiger partial charge in [-0.05, 0) is 49.8 Å². The highest BCUT2D eigenvalue weighted by Crippen LogP contribution is 2.30. The predicted molar refractivity (Wildman–Crippen MR) is 102 cm³/mol. The largest absolute Gasteiger partial charge is 0.416 e. The molecule has 3 heterocycles. The molecule has 1 aromatic carbocycles. The number of alkyl halides is 3. The third kappa shape index (κ3) is 4.83. The lowest BCUT2D eigenvalue weighted by Crippen LogP contribution is -2.49. The molecule has 0 aliphatic carbocycles. The molecule has 1 aromatic heterocycles. The van der Waals surface area contributed by atoms with Gasteiger partial charge in [0.25, 0.3) is 0 Å². The van der Waals surface area contributed by atoms with Crippen LogP contribution < -0.4 is 0 Å². The maximum absolute atomic E-state index is 13.4. The lowest BCUT2D eigenvalue weighted by Gasteiger charge is -2.38. The molecular formula is C21H25F3N4O2. The molecule has 2 bridgehead atoms. The van der Waals surface area contributed by atoms with Crippen molar-refractivity contribution in [3.8, 4) is 0 Å². The van der Waals surface area contributed by atoms with Gasteiger partial charge in [-0.3, -0.25) is 9.48 Å². The summed E-state index contributed by atoms with van der Waals surface area (Å²) in [5.74, 6) is -0.293. The zero-order chi connectivity index (χ0) is 21.1. The Balaban J connectivity index is 1.56. The molecule has 1 fully saturated rings. The smallest absolute Gasteiger partial charge is 0.373 e. The molecule has 1 amide bonds. The van der Waals surface area contributed by atoms with Crippen LogP contribution in [0.1, 0.15) is 42.5 Å². The summed E-state index contributed by atoms with van der Waals surface area (Å²) in [6.45, 7) is 2.03. The molecule has 0 unspecified atom stereocenters. The summed E-state index contributed by atoms with van der Waals surface area (Å²) >= 11 is 0. The Morgan fingerprint density at radius 3 is 2.67 bits per heavy atom. The van der Waals surface area contributed by atoms with Gasteiger partial charge in [-0.2, -0.15) is 13.2 Å². The number of aryl methyl sites for hydroxylation is 1. The molecule has 0 radical (unpaired) electrons. The van der Waals surface area contributed by atoms with Crippen LogP contribution in [0.4, 0.5) is 13.2 Å². The average Bonchev–Trinajstić information content (AvgIpc) is 3.18. The van der Waals surface area contributed by atoms with Crippen LogP contribution in [0.2, 0.25) is 0 Å². The van der Waals surface area contributed by atoms with Crippen LogP contribution in [0.5, 0.6) is 0 Å². The van der Waals surface area contributed by atoms with Crippen LogP contribution in [0.3, 0.4) is 0 Å². The Bertz CT molecular complexity index is 866. The van der Waals surface area contributed by atoms with Crippen LogP contribution in [-0.4, -0.2) is 45.0 Å². The summed E-state index contributed by atoms with van der Waals surface area (Å²) in [6.07, 6.45) is 1.29. The lowest BCUT2D eigenvalue weighted by atomic mass is 9.92. The van der Waals surface area contributed by atoms with Crippen LogP contribution in [0.15, 0.2) is 30.5 Å². The van der Waals surface area contributed by atoms with Crippen molar-refractivity contribution in [2.45, 2.75) is 57.5 Å². The SMILES string of the molecule is O=C1[C@H](Cc2ccc(C(F)(F)F)cc2)CCn2cc(nn2)COC[C@H]2CCCCN12. The maximum atomic E-state index is 13.4. The Labute approximate surface area is 173 Å². The standard InChI is InChI=1S/C21H25F3N4O2/c22-21(23,24)17-6-4-15(5-7-17)11-16-8-10-27-12-18(25-26-27)13-30-14-19-3-1-2-9-28(19)20(16)29/h4-7,12,16,19H,1-3,8-11,13-14H2/t16-,19+/m0/s1. The number of aromatic nitrogens is 3. The second-order valence-corrected chi connectivity index (χ2v) is 8.05. The van der Waals surface area contributed by atoms with E-state index < -0.39 is 11.7 Å². The van der Waals surface area contributed by atoms with Gasteiger partial charge in [-0.15, -0.1) is 5.10 Å². The van der Waals surface area contributed by atoms with Gasteiger partial charge in [0.1, 0.15) is 5.69 Å². The van der Waals surface area contributed by atoms with Crippen molar-refractivity contribution in [3.63, 3.8) is 0 Å². The lowest BCUT2D eigenvalue weighted by molar-refractivity contribution is -0.141. The molecule has 0 saturated carbocycles. The first-order valence-corrected chi connectivity index (χ1v) is 10.3. The number of hydrogen-bond donors (Lipinski definition) is 0. The molecule has 9 heteroatoms. The van der Waals surface area contributed by atoms with Crippen LogP contribution in [0.25, 0.3) is 0 Å². The summed E-state index contributed by atoms with van der Waals surface area (Å²) in [5.41, 5.74) is 0.792. The van der Waals surface area contributed by atoms with E-state index in [0.717, 1.165) is 42.7 Å². The topological polar surface area (TPSA) is 60.3 Å². The fourth-order valence-corrected chi connectivity index (χ4v) is 4.23. The van der Waals surface area contributed by atoms with Crippen molar-refractivity contribution in [2.75, 3.05) is 13.2 Å². The van der Waals surface area contributed by atoms with Gasteiger partial charge in [0.2, 0.25) is 5.91 Å². The molecular weight excluding hydrogens is 397 g/mol. The van der Waals surface area contributed by atoms with Crippen molar-refractivity contribution < 1.29 is 22.7 Å².